The SMILES string of the molecule is CCCn1ccc(CNC2CCOC2C2CC2)c1. The van der Waals surface area contributed by atoms with E-state index in [4.69, 9.17) is 4.74 Å². The van der Waals surface area contributed by atoms with E-state index in [1.54, 1.807) is 0 Å². The highest BCUT2D eigenvalue weighted by Gasteiger charge is 2.40. The van der Waals surface area contributed by atoms with Crippen LogP contribution >= 0.6 is 0 Å². The van der Waals surface area contributed by atoms with Gasteiger partial charge in [-0.15, -0.1) is 0 Å². The Morgan fingerprint density at radius 3 is 3.06 bits per heavy atom. The zero-order chi connectivity index (χ0) is 12.4. The van der Waals surface area contributed by atoms with Crippen LogP contribution in [0.15, 0.2) is 18.5 Å². The Labute approximate surface area is 110 Å². The molecule has 18 heavy (non-hydrogen) atoms. The fourth-order valence-electron chi connectivity index (χ4n) is 2.96. The van der Waals surface area contributed by atoms with Crippen molar-refractivity contribution in [2.75, 3.05) is 6.61 Å². The zero-order valence-corrected chi connectivity index (χ0v) is 11.3. The van der Waals surface area contributed by atoms with Crippen molar-refractivity contribution < 1.29 is 4.74 Å². The Bertz CT molecular complexity index is 384. The van der Waals surface area contributed by atoms with Crippen LogP contribution in [0.1, 0.15) is 38.2 Å². The first-order chi connectivity index (χ1) is 8.86. The van der Waals surface area contributed by atoms with Gasteiger partial charge in [0, 0.05) is 38.1 Å². The highest BCUT2D eigenvalue weighted by atomic mass is 16.5. The van der Waals surface area contributed by atoms with E-state index in [0.717, 1.165) is 25.6 Å². The molecule has 0 amide bonds. The molecule has 0 radical (unpaired) electrons. The lowest BCUT2D eigenvalue weighted by Crippen LogP contribution is -2.37. The molecule has 2 heterocycles. The van der Waals surface area contributed by atoms with Crippen molar-refractivity contribution in [3.8, 4) is 0 Å². The molecule has 1 aliphatic heterocycles. The van der Waals surface area contributed by atoms with Gasteiger partial charge in [-0.1, -0.05) is 6.92 Å². The third-order valence-electron chi connectivity index (χ3n) is 4.08. The molecular weight excluding hydrogens is 224 g/mol. The van der Waals surface area contributed by atoms with E-state index in [1.807, 2.05) is 0 Å². The lowest BCUT2D eigenvalue weighted by molar-refractivity contribution is 0.0809. The first-order valence-electron chi connectivity index (χ1n) is 7.36. The molecule has 1 saturated carbocycles. The molecule has 1 N–H and O–H groups in total. The lowest BCUT2D eigenvalue weighted by Gasteiger charge is -2.19. The quantitative estimate of drug-likeness (QED) is 0.837. The van der Waals surface area contributed by atoms with Gasteiger partial charge in [0.15, 0.2) is 0 Å². The van der Waals surface area contributed by atoms with Crippen molar-refractivity contribution in [1.82, 2.24) is 9.88 Å². The Morgan fingerprint density at radius 1 is 1.39 bits per heavy atom. The molecule has 1 saturated heterocycles. The van der Waals surface area contributed by atoms with Gasteiger partial charge in [-0.3, -0.25) is 0 Å². The van der Waals surface area contributed by atoms with Gasteiger partial charge in [0.05, 0.1) is 6.10 Å². The minimum absolute atomic E-state index is 0.489. The van der Waals surface area contributed by atoms with E-state index in [2.05, 4.69) is 35.3 Å². The van der Waals surface area contributed by atoms with Crippen LogP contribution in [-0.2, 0) is 17.8 Å². The predicted molar refractivity (Wildman–Crippen MR) is 72.4 cm³/mol. The molecule has 100 valence electrons. The Balaban J connectivity index is 1.50. The molecule has 0 spiro atoms. The maximum Gasteiger partial charge on any atom is 0.0757 e. The number of ether oxygens (including phenoxy) is 1. The fraction of sp³-hybridized carbons (Fsp3) is 0.733. The topological polar surface area (TPSA) is 26.2 Å². The monoisotopic (exact) mass is 248 g/mol. The van der Waals surface area contributed by atoms with Gasteiger partial charge in [0.1, 0.15) is 0 Å². The highest BCUT2D eigenvalue weighted by Crippen LogP contribution is 2.38. The van der Waals surface area contributed by atoms with Crippen LogP contribution in [0.25, 0.3) is 0 Å². The summed E-state index contributed by atoms with van der Waals surface area (Å²) in [5.41, 5.74) is 1.39. The van der Waals surface area contributed by atoms with E-state index < -0.39 is 0 Å². The molecule has 1 aliphatic carbocycles. The standard InChI is InChI=1S/C15H24N2O/c1-2-7-17-8-5-12(11-17)10-16-14-6-9-18-15(14)13-3-4-13/h5,8,11,13-16H,2-4,6-7,9-10H2,1H3. The van der Waals surface area contributed by atoms with Crippen molar-refractivity contribution in [3.63, 3.8) is 0 Å². The molecule has 2 aliphatic rings. The van der Waals surface area contributed by atoms with Gasteiger partial charge in [0.25, 0.3) is 0 Å². The number of hydrogen-bond donors (Lipinski definition) is 1. The molecule has 2 fully saturated rings. The van der Waals surface area contributed by atoms with Gasteiger partial charge in [-0.2, -0.15) is 0 Å². The zero-order valence-electron chi connectivity index (χ0n) is 11.3. The van der Waals surface area contributed by atoms with E-state index >= 15 is 0 Å². The molecule has 1 aromatic rings. The fourth-order valence-corrected chi connectivity index (χ4v) is 2.96. The third kappa shape index (κ3) is 2.78. The molecule has 1 aromatic heterocycles. The second-order valence-corrected chi connectivity index (χ2v) is 5.71. The molecule has 3 heteroatoms. The molecule has 2 atom stereocenters. The normalized spacial score (nSPS) is 27.8. The largest absolute Gasteiger partial charge is 0.376 e. The minimum atomic E-state index is 0.489. The van der Waals surface area contributed by atoms with E-state index in [1.165, 1.54) is 31.2 Å². The van der Waals surface area contributed by atoms with Crippen molar-refractivity contribution in [2.45, 2.75) is 57.8 Å². The molecule has 0 aromatic carbocycles. The number of aromatic nitrogens is 1. The van der Waals surface area contributed by atoms with Crippen LogP contribution in [0, 0.1) is 5.92 Å². The number of nitrogens with one attached hydrogen (secondary N) is 1. The molecule has 3 nitrogen and oxygen atoms in total. The summed E-state index contributed by atoms with van der Waals surface area (Å²) < 4.78 is 8.13. The molecule has 3 rings (SSSR count). The van der Waals surface area contributed by atoms with E-state index in [9.17, 15) is 0 Å². The van der Waals surface area contributed by atoms with Crippen molar-refractivity contribution in [3.05, 3.63) is 24.0 Å². The van der Waals surface area contributed by atoms with Crippen LogP contribution in [0.4, 0.5) is 0 Å². The minimum Gasteiger partial charge on any atom is -0.376 e. The summed E-state index contributed by atoms with van der Waals surface area (Å²) in [5, 5.41) is 3.69. The summed E-state index contributed by atoms with van der Waals surface area (Å²) >= 11 is 0. The van der Waals surface area contributed by atoms with Crippen molar-refractivity contribution >= 4 is 0 Å². The van der Waals surface area contributed by atoms with Gasteiger partial charge in [-0.25, -0.2) is 0 Å². The smallest absolute Gasteiger partial charge is 0.0757 e. The summed E-state index contributed by atoms with van der Waals surface area (Å²) in [6.45, 7) is 5.26. The summed E-state index contributed by atoms with van der Waals surface area (Å²) in [4.78, 5) is 0. The molecule has 0 bridgehead atoms. The van der Waals surface area contributed by atoms with Crippen LogP contribution in [-0.4, -0.2) is 23.3 Å². The number of aryl methyl sites for hydroxylation is 1. The van der Waals surface area contributed by atoms with Gasteiger partial charge < -0.3 is 14.6 Å². The van der Waals surface area contributed by atoms with Crippen molar-refractivity contribution in [1.29, 1.82) is 0 Å². The van der Waals surface area contributed by atoms with Crippen molar-refractivity contribution in [2.24, 2.45) is 5.92 Å². The van der Waals surface area contributed by atoms with Gasteiger partial charge in [-0.05, 0) is 43.2 Å². The first kappa shape index (κ1) is 12.2. The maximum atomic E-state index is 5.85. The summed E-state index contributed by atoms with van der Waals surface area (Å²) in [6.07, 6.45) is 10.1. The Morgan fingerprint density at radius 2 is 2.28 bits per heavy atom. The van der Waals surface area contributed by atoms with Crippen LogP contribution < -0.4 is 5.32 Å². The highest BCUT2D eigenvalue weighted by molar-refractivity contribution is 5.10. The summed E-state index contributed by atoms with van der Waals surface area (Å²) in [5.74, 6) is 0.842. The van der Waals surface area contributed by atoms with Crippen LogP contribution in [0.5, 0.6) is 0 Å². The maximum absolute atomic E-state index is 5.85. The Hall–Kier alpha value is -0.800. The van der Waals surface area contributed by atoms with Crippen LogP contribution in [0.2, 0.25) is 0 Å². The number of nitrogens with zero attached hydrogens (tertiary/aromatic N) is 1. The van der Waals surface area contributed by atoms with Gasteiger partial charge >= 0.3 is 0 Å². The second kappa shape index (κ2) is 5.45. The average Bonchev–Trinajstić information content (AvgIpc) is 2.94. The summed E-state index contributed by atoms with van der Waals surface area (Å²) in [6, 6.07) is 2.80. The lowest BCUT2D eigenvalue weighted by atomic mass is 10.1. The number of rotatable bonds is 6. The molecule has 2 unspecified atom stereocenters. The van der Waals surface area contributed by atoms with Crippen LogP contribution in [0.3, 0.4) is 0 Å². The average molecular weight is 248 g/mol. The Kier molecular flexibility index (Phi) is 3.71. The predicted octanol–water partition coefficient (Wildman–Crippen LogP) is 2.56. The van der Waals surface area contributed by atoms with Gasteiger partial charge in [0.2, 0.25) is 0 Å². The van der Waals surface area contributed by atoms with E-state index in [-0.39, 0.29) is 0 Å². The van der Waals surface area contributed by atoms with E-state index in [0.29, 0.717) is 12.1 Å². The first-order valence-corrected chi connectivity index (χ1v) is 7.36. The molecular formula is C15H24N2O. The third-order valence-corrected chi connectivity index (χ3v) is 4.08. The second-order valence-electron chi connectivity index (χ2n) is 5.71. The summed E-state index contributed by atoms with van der Waals surface area (Å²) in [7, 11) is 0. The number of hydrogen-bond acceptors (Lipinski definition) is 2.